The van der Waals surface area contributed by atoms with Crippen LogP contribution in [0.25, 0.3) is 21.9 Å². The lowest BCUT2D eigenvalue weighted by atomic mass is 10.1. The number of amides is 1. The summed E-state index contributed by atoms with van der Waals surface area (Å²) in [6, 6.07) is 6.28. The van der Waals surface area contributed by atoms with Crippen LogP contribution in [0.3, 0.4) is 0 Å². The molecular formula is C24H20FN7O2. The van der Waals surface area contributed by atoms with E-state index in [2.05, 4.69) is 25.4 Å². The number of hydrogen-bond acceptors (Lipinski definition) is 6. The normalized spacial score (nSPS) is 11.4. The van der Waals surface area contributed by atoms with Crippen LogP contribution in [0.2, 0.25) is 0 Å². The summed E-state index contributed by atoms with van der Waals surface area (Å²) in [6.07, 6.45) is 9.20. The number of aromatic nitrogens is 6. The van der Waals surface area contributed by atoms with E-state index in [1.807, 2.05) is 18.4 Å². The van der Waals surface area contributed by atoms with Gasteiger partial charge in [0.05, 0.1) is 23.6 Å². The van der Waals surface area contributed by atoms with Crippen LogP contribution >= 0.6 is 0 Å². The van der Waals surface area contributed by atoms with Crippen molar-refractivity contribution in [2.24, 2.45) is 0 Å². The second-order valence-corrected chi connectivity index (χ2v) is 8.12. The minimum atomic E-state index is -0.457. The van der Waals surface area contributed by atoms with E-state index >= 15 is 0 Å². The first-order chi connectivity index (χ1) is 16.4. The standard InChI is InChI=1S/C24H20FN7O2/c1-14(2)31-11-19(18-10-27-13-28-24(18)31)23(34)16-6-17(9-26-7-16)30-21(33)12-32-22-15(8-29-32)4-3-5-20(22)25/h3-11,13-14H,12H2,1-2H3,(H,30,33). The van der Waals surface area contributed by atoms with E-state index in [1.165, 1.54) is 35.7 Å². The highest BCUT2D eigenvalue weighted by Crippen LogP contribution is 2.25. The maximum absolute atomic E-state index is 14.2. The molecule has 5 aromatic rings. The Labute approximate surface area is 193 Å². The maximum atomic E-state index is 14.2. The Hall–Kier alpha value is -4.47. The van der Waals surface area contributed by atoms with E-state index < -0.39 is 11.7 Å². The Balaban J connectivity index is 1.39. The first-order valence-electron chi connectivity index (χ1n) is 10.6. The van der Waals surface area contributed by atoms with E-state index in [4.69, 9.17) is 0 Å². The molecule has 0 atom stereocenters. The van der Waals surface area contributed by atoms with Gasteiger partial charge in [-0.15, -0.1) is 0 Å². The number of nitrogens with one attached hydrogen (secondary N) is 1. The van der Waals surface area contributed by atoms with Gasteiger partial charge in [0.25, 0.3) is 0 Å². The lowest BCUT2D eigenvalue weighted by Crippen LogP contribution is -2.20. The van der Waals surface area contributed by atoms with E-state index in [-0.39, 0.29) is 23.9 Å². The van der Waals surface area contributed by atoms with E-state index in [1.54, 1.807) is 30.6 Å². The number of benzene rings is 1. The lowest BCUT2D eigenvalue weighted by Gasteiger charge is -2.08. The van der Waals surface area contributed by atoms with Crippen molar-refractivity contribution in [3.05, 3.63) is 78.5 Å². The predicted octanol–water partition coefficient (Wildman–Crippen LogP) is 3.77. The molecule has 34 heavy (non-hydrogen) atoms. The van der Waals surface area contributed by atoms with Gasteiger partial charge in [-0.05, 0) is 26.0 Å². The molecule has 5 rings (SSSR count). The van der Waals surface area contributed by atoms with Crippen molar-refractivity contribution in [1.29, 1.82) is 0 Å². The average molecular weight is 457 g/mol. The Morgan fingerprint density at radius 3 is 2.79 bits per heavy atom. The van der Waals surface area contributed by atoms with Crippen LogP contribution in [0.15, 0.2) is 61.6 Å². The zero-order valence-corrected chi connectivity index (χ0v) is 18.4. The van der Waals surface area contributed by atoms with Crippen molar-refractivity contribution in [2.75, 3.05) is 5.32 Å². The number of hydrogen-bond donors (Lipinski definition) is 1. The summed E-state index contributed by atoms with van der Waals surface area (Å²) in [4.78, 5) is 38.4. The van der Waals surface area contributed by atoms with Gasteiger partial charge >= 0.3 is 0 Å². The van der Waals surface area contributed by atoms with Crippen molar-refractivity contribution in [2.45, 2.75) is 26.4 Å². The summed E-state index contributed by atoms with van der Waals surface area (Å²) >= 11 is 0. The molecule has 170 valence electrons. The number of rotatable bonds is 6. The van der Waals surface area contributed by atoms with Gasteiger partial charge in [-0.1, -0.05) is 12.1 Å². The summed E-state index contributed by atoms with van der Waals surface area (Å²) in [6.45, 7) is 3.81. The molecule has 0 aliphatic heterocycles. The van der Waals surface area contributed by atoms with Crippen LogP contribution in [0.5, 0.6) is 0 Å². The highest BCUT2D eigenvalue weighted by molar-refractivity contribution is 6.16. The number of ketones is 1. The van der Waals surface area contributed by atoms with Crippen molar-refractivity contribution in [3.8, 4) is 0 Å². The van der Waals surface area contributed by atoms with Crippen LogP contribution < -0.4 is 5.32 Å². The lowest BCUT2D eigenvalue weighted by molar-refractivity contribution is -0.116. The number of fused-ring (bicyclic) bond motifs is 2. The molecule has 10 heteroatoms. The number of halogens is 1. The highest BCUT2D eigenvalue weighted by atomic mass is 19.1. The Morgan fingerprint density at radius 2 is 1.97 bits per heavy atom. The predicted molar refractivity (Wildman–Crippen MR) is 124 cm³/mol. The molecule has 0 unspecified atom stereocenters. The van der Waals surface area contributed by atoms with Crippen LogP contribution in [0.4, 0.5) is 10.1 Å². The van der Waals surface area contributed by atoms with E-state index in [0.717, 1.165) is 0 Å². The molecule has 1 N–H and O–H groups in total. The molecule has 4 heterocycles. The molecular weight excluding hydrogens is 437 g/mol. The zero-order valence-electron chi connectivity index (χ0n) is 18.4. The topological polar surface area (TPSA) is 108 Å². The van der Waals surface area contributed by atoms with Crippen molar-refractivity contribution >= 4 is 39.3 Å². The fraction of sp³-hybridized carbons (Fsp3) is 0.167. The molecule has 0 aliphatic rings. The summed E-state index contributed by atoms with van der Waals surface area (Å²) in [7, 11) is 0. The highest BCUT2D eigenvalue weighted by Gasteiger charge is 2.20. The minimum Gasteiger partial charge on any atom is -0.329 e. The molecule has 0 bridgehead atoms. The van der Waals surface area contributed by atoms with E-state index in [0.29, 0.717) is 33.2 Å². The van der Waals surface area contributed by atoms with Crippen LogP contribution in [0, 0.1) is 5.82 Å². The van der Waals surface area contributed by atoms with Gasteiger partial charge in [-0.3, -0.25) is 19.3 Å². The number of para-hydroxylation sites is 1. The summed E-state index contributed by atoms with van der Waals surface area (Å²) < 4.78 is 17.4. The number of carbonyl (C=O) groups is 2. The summed E-state index contributed by atoms with van der Waals surface area (Å²) in [5.41, 5.74) is 2.03. The van der Waals surface area contributed by atoms with E-state index in [9.17, 15) is 14.0 Å². The smallest absolute Gasteiger partial charge is 0.246 e. The Kier molecular flexibility index (Phi) is 5.33. The van der Waals surface area contributed by atoms with Crippen LogP contribution in [0.1, 0.15) is 35.8 Å². The van der Waals surface area contributed by atoms with Gasteiger partial charge < -0.3 is 9.88 Å². The first kappa shape index (κ1) is 21.4. The fourth-order valence-electron chi connectivity index (χ4n) is 3.91. The molecule has 0 radical (unpaired) electrons. The van der Waals surface area contributed by atoms with Gasteiger partial charge in [0.15, 0.2) is 5.78 Å². The molecule has 0 saturated heterocycles. The molecule has 0 aliphatic carbocycles. The van der Waals surface area contributed by atoms with Crippen molar-refractivity contribution < 1.29 is 14.0 Å². The minimum absolute atomic E-state index is 0.103. The molecule has 9 nitrogen and oxygen atoms in total. The number of nitrogens with zero attached hydrogens (tertiary/aromatic N) is 6. The van der Waals surface area contributed by atoms with Crippen molar-refractivity contribution in [1.82, 2.24) is 29.3 Å². The monoisotopic (exact) mass is 457 g/mol. The molecule has 1 amide bonds. The third kappa shape index (κ3) is 3.79. The fourth-order valence-corrected chi connectivity index (χ4v) is 3.91. The van der Waals surface area contributed by atoms with Gasteiger partial charge in [0, 0.05) is 41.0 Å². The van der Waals surface area contributed by atoms with Gasteiger partial charge in [0.2, 0.25) is 5.91 Å². The number of carbonyl (C=O) groups excluding carboxylic acids is 2. The average Bonchev–Trinajstić information content (AvgIpc) is 3.41. The Morgan fingerprint density at radius 1 is 1.12 bits per heavy atom. The second-order valence-electron chi connectivity index (χ2n) is 8.12. The second kappa shape index (κ2) is 8.47. The summed E-state index contributed by atoms with van der Waals surface area (Å²) in [5.74, 6) is -1.14. The van der Waals surface area contributed by atoms with Gasteiger partial charge in [-0.25, -0.2) is 14.4 Å². The third-order valence-corrected chi connectivity index (χ3v) is 5.48. The largest absolute Gasteiger partial charge is 0.329 e. The third-order valence-electron chi connectivity index (χ3n) is 5.48. The zero-order chi connectivity index (χ0) is 23.8. The first-order valence-corrected chi connectivity index (χ1v) is 10.6. The molecule has 1 aromatic carbocycles. The molecule has 0 spiro atoms. The molecule has 0 saturated carbocycles. The van der Waals surface area contributed by atoms with Gasteiger partial charge in [0.1, 0.15) is 29.9 Å². The molecule has 0 fully saturated rings. The molecule has 4 aromatic heterocycles. The summed E-state index contributed by atoms with van der Waals surface area (Å²) in [5, 5.41) is 8.05. The Bertz CT molecular complexity index is 1550. The van der Waals surface area contributed by atoms with Crippen LogP contribution in [-0.4, -0.2) is 41.0 Å². The van der Waals surface area contributed by atoms with Crippen molar-refractivity contribution in [3.63, 3.8) is 0 Å². The maximum Gasteiger partial charge on any atom is 0.246 e. The van der Waals surface area contributed by atoms with Gasteiger partial charge in [-0.2, -0.15) is 5.10 Å². The SMILES string of the molecule is CC(C)n1cc(C(=O)c2cncc(NC(=O)Cn3ncc4cccc(F)c43)c2)c2cncnc21. The van der Waals surface area contributed by atoms with Crippen LogP contribution in [-0.2, 0) is 11.3 Å². The quantitative estimate of drug-likeness (QED) is 0.389. The number of pyridine rings is 1. The number of anilines is 1.